The maximum atomic E-state index is 10.6. The van der Waals surface area contributed by atoms with Crippen molar-refractivity contribution in [1.82, 2.24) is 4.90 Å². The lowest BCUT2D eigenvalue weighted by Gasteiger charge is -2.42. The second-order valence-corrected chi connectivity index (χ2v) is 5.61. The molecule has 0 N–H and O–H groups in total. The Bertz CT molecular complexity index is 426. The molecular formula is C14H20N2O2. The molecule has 98 valence electrons. The quantitative estimate of drug-likeness (QED) is 0.608. The Hall–Kier alpha value is -1.42. The monoisotopic (exact) mass is 248 g/mol. The van der Waals surface area contributed by atoms with E-state index >= 15 is 0 Å². The van der Waals surface area contributed by atoms with Crippen LogP contribution in [0.5, 0.6) is 0 Å². The van der Waals surface area contributed by atoms with Crippen LogP contribution in [0.4, 0.5) is 5.69 Å². The molecule has 4 heteroatoms. The number of likely N-dealkylation sites (tertiary alicyclic amines) is 1. The van der Waals surface area contributed by atoms with Crippen LogP contribution in [0.15, 0.2) is 24.3 Å². The van der Waals surface area contributed by atoms with Gasteiger partial charge >= 0.3 is 0 Å². The highest BCUT2D eigenvalue weighted by Gasteiger charge is 2.29. The summed E-state index contributed by atoms with van der Waals surface area (Å²) in [6.45, 7) is 6.55. The summed E-state index contributed by atoms with van der Waals surface area (Å²) in [6, 6.07) is 6.91. The van der Waals surface area contributed by atoms with E-state index in [1.54, 1.807) is 12.1 Å². The van der Waals surface area contributed by atoms with Gasteiger partial charge in [0.25, 0.3) is 5.69 Å². The van der Waals surface area contributed by atoms with Gasteiger partial charge < -0.3 is 0 Å². The molecule has 4 nitrogen and oxygen atoms in total. The van der Waals surface area contributed by atoms with E-state index in [1.165, 1.54) is 19.3 Å². The molecule has 0 spiro atoms. The van der Waals surface area contributed by atoms with Gasteiger partial charge in [0, 0.05) is 24.2 Å². The molecule has 0 radical (unpaired) electrons. The fourth-order valence-electron chi connectivity index (χ4n) is 2.56. The molecule has 1 aliphatic rings. The van der Waals surface area contributed by atoms with E-state index in [0.29, 0.717) is 0 Å². The Morgan fingerprint density at radius 1 is 1.28 bits per heavy atom. The van der Waals surface area contributed by atoms with Crippen LogP contribution >= 0.6 is 0 Å². The van der Waals surface area contributed by atoms with E-state index < -0.39 is 0 Å². The van der Waals surface area contributed by atoms with Gasteiger partial charge in [0.15, 0.2) is 0 Å². The largest absolute Gasteiger partial charge is 0.294 e. The van der Waals surface area contributed by atoms with Crippen molar-refractivity contribution in [2.24, 2.45) is 0 Å². The average molecular weight is 248 g/mol. The van der Waals surface area contributed by atoms with Crippen LogP contribution in [0, 0.1) is 10.1 Å². The summed E-state index contributed by atoms with van der Waals surface area (Å²) in [5.41, 5.74) is 1.55. The number of hydrogen-bond acceptors (Lipinski definition) is 3. The number of piperidine rings is 1. The van der Waals surface area contributed by atoms with Crippen molar-refractivity contribution < 1.29 is 4.92 Å². The number of nitro benzene ring substituents is 1. The predicted molar refractivity (Wildman–Crippen MR) is 71.4 cm³/mol. The van der Waals surface area contributed by atoms with Crippen molar-refractivity contribution in [2.75, 3.05) is 6.54 Å². The van der Waals surface area contributed by atoms with Crippen molar-refractivity contribution in [2.45, 2.75) is 45.2 Å². The summed E-state index contributed by atoms with van der Waals surface area (Å²) < 4.78 is 0. The molecule has 2 rings (SSSR count). The minimum absolute atomic E-state index is 0.164. The predicted octanol–water partition coefficient (Wildman–Crippen LogP) is 3.36. The Morgan fingerprint density at radius 2 is 1.94 bits per heavy atom. The fourth-order valence-corrected chi connectivity index (χ4v) is 2.56. The standard InChI is InChI=1S/C14H20N2O2/c1-14(2)9-3-4-10-15(14)11-12-5-7-13(8-6-12)16(17)18/h5-8H,3-4,9-11H2,1-2H3. The van der Waals surface area contributed by atoms with Gasteiger partial charge in [-0.15, -0.1) is 0 Å². The number of hydrogen-bond donors (Lipinski definition) is 0. The molecule has 1 fully saturated rings. The first-order valence-corrected chi connectivity index (χ1v) is 6.47. The lowest BCUT2D eigenvalue weighted by molar-refractivity contribution is -0.384. The molecule has 0 bridgehead atoms. The molecule has 1 heterocycles. The van der Waals surface area contributed by atoms with E-state index in [2.05, 4.69) is 18.7 Å². The molecule has 0 atom stereocenters. The molecule has 18 heavy (non-hydrogen) atoms. The number of rotatable bonds is 3. The van der Waals surface area contributed by atoms with Gasteiger partial charge in [0.1, 0.15) is 0 Å². The van der Waals surface area contributed by atoms with Gasteiger partial charge in [-0.05, 0) is 38.8 Å². The Labute approximate surface area is 108 Å². The highest BCUT2D eigenvalue weighted by atomic mass is 16.6. The Kier molecular flexibility index (Phi) is 3.66. The van der Waals surface area contributed by atoms with Crippen molar-refractivity contribution >= 4 is 5.69 Å². The number of non-ortho nitro benzene ring substituents is 1. The third-order valence-corrected chi connectivity index (χ3v) is 3.84. The number of benzene rings is 1. The lowest BCUT2D eigenvalue weighted by Crippen LogP contribution is -2.46. The van der Waals surface area contributed by atoms with Gasteiger partial charge in [-0.25, -0.2) is 0 Å². The van der Waals surface area contributed by atoms with E-state index in [-0.39, 0.29) is 16.1 Å². The second-order valence-electron chi connectivity index (χ2n) is 5.61. The van der Waals surface area contributed by atoms with Crippen molar-refractivity contribution in [3.8, 4) is 0 Å². The van der Waals surface area contributed by atoms with Crippen molar-refractivity contribution in [1.29, 1.82) is 0 Å². The maximum absolute atomic E-state index is 10.6. The zero-order chi connectivity index (χ0) is 13.2. The second kappa shape index (κ2) is 5.06. The molecule has 0 aromatic heterocycles. The smallest absolute Gasteiger partial charge is 0.269 e. The van der Waals surface area contributed by atoms with E-state index in [4.69, 9.17) is 0 Å². The van der Waals surface area contributed by atoms with Crippen LogP contribution in [0.2, 0.25) is 0 Å². The summed E-state index contributed by atoms with van der Waals surface area (Å²) in [7, 11) is 0. The number of nitrogens with zero attached hydrogens (tertiary/aromatic N) is 2. The number of nitro groups is 1. The van der Waals surface area contributed by atoms with Crippen LogP contribution in [-0.2, 0) is 6.54 Å². The molecule has 1 aromatic rings. The van der Waals surface area contributed by atoms with Gasteiger partial charge in [0.05, 0.1) is 4.92 Å². The highest BCUT2D eigenvalue weighted by Crippen LogP contribution is 2.29. The first-order chi connectivity index (χ1) is 8.49. The average Bonchev–Trinajstić information content (AvgIpc) is 2.32. The van der Waals surface area contributed by atoms with Gasteiger partial charge in [-0.3, -0.25) is 15.0 Å². The lowest BCUT2D eigenvalue weighted by atomic mass is 9.90. The molecule has 1 aromatic carbocycles. The summed E-state index contributed by atoms with van der Waals surface area (Å²) in [5, 5.41) is 10.6. The molecular weight excluding hydrogens is 228 g/mol. The van der Waals surface area contributed by atoms with Gasteiger partial charge in [-0.2, -0.15) is 0 Å². The zero-order valence-electron chi connectivity index (χ0n) is 11.1. The molecule has 0 amide bonds. The zero-order valence-corrected chi connectivity index (χ0v) is 11.1. The summed E-state index contributed by atoms with van der Waals surface area (Å²) in [5.74, 6) is 0. The van der Waals surface area contributed by atoms with Crippen LogP contribution in [0.25, 0.3) is 0 Å². The fraction of sp³-hybridized carbons (Fsp3) is 0.571. The van der Waals surface area contributed by atoms with E-state index in [0.717, 1.165) is 18.7 Å². The van der Waals surface area contributed by atoms with E-state index in [9.17, 15) is 10.1 Å². The van der Waals surface area contributed by atoms with Crippen LogP contribution in [0.1, 0.15) is 38.7 Å². The molecule has 0 saturated carbocycles. The van der Waals surface area contributed by atoms with Crippen LogP contribution in [-0.4, -0.2) is 21.9 Å². The van der Waals surface area contributed by atoms with Crippen molar-refractivity contribution in [3.05, 3.63) is 39.9 Å². The highest BCUT2D eigenvalue weighted by molar-refractivity contribution is 5.32. The minimum atomic E-state index is -0.353. The van der Waals surface area contributed by atoms with Crippen LogP contribution < -0.4 is 0 Å². The summed E-state index contributed by atoms with van der Waals surface area (Å²) in [6.07, 6.45) is 3.76. The molecule has 1 saturated heterocycles. The molecule has 0 aliphatic carbocycles. The van der Waals surface area contributed by atoms with Gasteiger partial charge in [-0.1, -0.05) is 18.6 Å². The Balaban J connectivity index is 2.06. The SMILES string of the molecule is CC1(C)CCCCN1Cc1ccc([N+](=O)[O-])cc1. The maximum Gasteiger partial charge on any atom is 0.269 e. The minimum Gasteiger partial charge on any atom is -0.294 e. The van der Waals surface area contributed by atoms with E-state index in [1.807, 2.05) is 12.1 Å². The summed E-state index contributed by atoms with van der Waals surface area (Å²) >= 11 is 0. The summed E-state index contributed by atoms with van der Waals surface area (Å²) in [4.78, 5) is 12.7. The van der Waals surface area contributed by atoms with Crippen LogP contribution in [0.3, 0.4) is 0 Å². The third kappa shape index (κ3) is 2.88. The first-order valence-electron chi connectivity index (χ1n) is 6.47. The normalized spacial score (nSPS) is 19.7. The van der Waals surface area contributed by atoms with Crippen molar-refractivity contribution in [3.63, 3.8) is 0 Å². The molecule has 0 unspecified atom stereocenters. The third-order valence-electron chi connectivity index (χ3n) is 3.84. The Morgan fingerprint density at radius 3 is 2.50 bits per heavy atom. The molecule has 1 aliphatic heterocycles. The topological polar surface area (TPSA) is 46.4 Å². The van der Waals surface area contributed by atoms with Gasteiger partial charge in [0.2, 0.25) is 0 Å². The first kappa shape index (κ1) is 13.0.